The molecule has 0 radical (unpaired) electrons. The molecule has 0 amide bonds. The van der Waals surface area contributed by atoms with Gasteiger partial charge in [0.25, 0.3) is 12.9 Å². The molecule has 5 heteroatoms. The molecule has 46 valence electrons. The normalized spacial score (nSPS) is 3.43. The Morgan fingerprint density at radius 1 is 1.00 bits per heavy atom. The van der Waals surface area contributed by atoms with Crippen molar-refractivity contribution in [3.8, 4) is 0 Å². The Labute approximate surface area is 50.1 Å². The Morgan fingerprint density at radius 2 is 1.00 bits per heavy atom. The van der Waals surface area contributed by atoms with Crippen LogP contribution in [0.25, 0.3) is 0 Å². The predicted molar refractivity (Wildman–Crippen MR) is 17.4 cm³/mol. The maximum Gasteiger partial charge on any atom is 0.290 e. The van der Waals surface area contributed by atoms with Crippen LogP contribution in [0.4, 0.5) is 0 Å². The summed E-state index contributed by atoms with van der Waals surface area (Å²) in [5, 5.41) is 13.8. The van der Waals surface area contributed by atoms with Crippen LogP contribution in [0, 0.1) is 0 Å². The van der Waals surface area contributed by atoms with Gasteiger partial charge in [-0.2, -0.15) is 0 Å². The molecule has 0 aliphatic carbocycles. The molecule has 0 aromatic rings. The molecule has 0 heterocycles. The molecule has 0 saturated heterocycles. The van der Waals surface area contributed by atoms with Gasteiger partial charge in [-0.25, -0.2) is 0 Å². The second kappa shape index (κ2) is 52.0. The fourth-order valence-electron chi connectivity index (χ4n) is 0. The number of hydrogen-bond donors (Lipinski definition) is 2. The molecule has 0 bridgehead atoms. The van der Waals surface area contributed by atoms with Gasteiger partial charge in [-0.15, -0.1) is 0 Å². The summed E-state index contributed by atoms with van der Waals surface area (Å²) in [6.45, 7) is -0.500. The maximum atomic E-state index is 8.36. The molecule has 0 aliphatic heterocycles. The maximum absolute atomic E-state index is 8.36. The Bertz CT molecular complexity index is 30.7. The van der Waals surface area contributed by atoms with Crippen LogP contribution in [0.1, 0.15) is 0 Å². The van der Waals surface area contributed by atoms with E-state index in [0.717, 1.165) is 0 Å². The number of carboxylic acid groups (broad SMARTS) is 2. The fraction of sp³-hybridized carbons (Fsp3) is 0. The third-order valence-corrected chi connectivity index (χ3v) is 0. The molecular weight excluding hydrogens is 147 g/mol. The molecular formula is C2H4NiO4. The van der Waals surface area contributed by atoms with Gasteiger partial charge in [-0.3, -0.25) is 9.59 Å². The van der Waals surface area contributed by atoms with Crippen molar-refractivity contribution < 1.29 is 36.3 Å². The molecule has 0 aromatic heterocycles. The van der Waals surface area contributed by atoms with E-state index in [2.05, 4.69) is 0 Å². The summed E-state index contributed by atoms with van der Waals surface area (Å²) in [5.41, 5.74) is 0. The van der Waals surface area contributed by atoms with Crippen LogP contribution in [0.15, 0.2) is 0 Å². The van der Waals surface area contributed by atoms with Gasteiger partial charge < -0.3 is 10.2 Å². The van der Waals surface area contributed by atoms with E-state index in [-0.39, 0.29) is 29.4 Å². The fourth-order valence-corrected chi connectivity index (χ4v) is 0. The van der Waals surface area contributed by atoms with Crippen LogP contribution in [-0.2, 0) is 26.1 Å². The molecule has 7 heavy (non-hydrogen) atoms. The van der Waals surface area contributed by atoms with Crippen LogP contribution < -0.4 is 0 Å². The monoisotopic (exact) mass is 150 g/mol. The zero-order valence-corrected chi connectivity index (χ0v) is 4.17. The van der Waals surface area contributed by atoms with E-state index in [1.807, 2.05) is 0 Å². The molecule has 0 atom stereocenters. The van der Waals surface area contributed by atoms with Crippen molar-refractivity contribution in [1.29, 1.82) is 0 Å². The average molecular weight is 151 g/mol. The van der Waals surface area contributed by atoms with Crippen LogP contribution >= 0.6 is 0 Å². The molecule has 0 rings (SSSR count). The summed E-state index contributed by atoms with van der Waals surface area (Å²) >= 11 is 0. The third-order valence-electron chi connectivity index (χ3n) is 0. The summed E-state index contributed by atoms with van der Waals surface area (Å²) in [6.07, 6.45) is 0. The number of hydrogen-bond acceptors (Lipinski definition) is 2. The summed E-state index contributed by atoms with van der Waals surface area (Å²) < 4.78 is 0. The van der Waals surface area contributed by atoms with Crippen LogP contribution in [0.3, 0.4) is 0 Å². The van der Waals surface area contributed by atoms with Crippen molar-refractivity contribution >= 4 is 12.9 Å². The van der Waals surface area contributed by atoms with E-state index in [4.69, 9.17) is 19.8 Å². The first-order valence-electron chi connectivity index (χ1n) is 0.988. The summed E-state index contributed by atoms with van der Waals surface area (Å²) in [6, 6.07) is 0. The minimum atomic E-state index is -0.250. The summed E-state index contributed by atoms with van der Waals surface area (Å²) in [5.74, 6) is 0. The minimum Gasteiger partial charge on any atom is -0.483 e. The van der Waals surface area contributed by atoms with E-state index in [0.29, 0.717) is 0 Å². The second-order valence-electron chi connectivity index (χ2n) is 0.211. The van der Waals surface area contributed by atoms with Crippen LogP contribution in [0.5, 0.6) is 0 Å². The van der Waals surface area contributed by atoms with Crippen molar-refractivity contribution in [3.05, 3.63) is 0 Å². The largest absolute Gasteiger partial charge is 0.483 e. The summed E-state index contributed by atoms with van der Waals surface area (Å²) in [4.78, 5) is 16.7. The van der Waals surface area contributed by atoms with E-state index >= 15 is 0 Å². The number of carbonyl (C=O) groups is 2. The van der Waals surface area contributed by atoms with Gasteiger partial charge >= 0.3 is 0 Å². The van der Waals surface area contributed by atoms with Gasteiger partial charge in [0.1, 0.15) is 0 Å². The zero-order valence-electron chi connectivity index (χ0n) is 3.18. The Balaban J connectivity index is -0.0000000400. The van der Waals surface area contributed by atoms with E-state index in [1.165, 1.54) is 0 Å². The second-order valence-corrected chi connectivity index (χ2v) is 0.211. The first-order chi connectivity index (χ1) is 2.83. The average Bonchev–Trinajstić information content (AvgIpc) is 1.39. The topological polar surface area (TPSA) is 74.6 Å². The molecule has 0 unspecified atom stereocenters. The Morgan fingerprint density at radius 3 is 1.00 bits per heavy atom. The quantitative estimate of drug-likeness (QED) is 0.357. The van der Waals surface area contributed by atoms with Crippen LogP contribution in [0.2, 0.25) is 0 Å². The number of rotatable bonds is 0. The van der Waals surface area contributed by atoms with Crippen molar-refractivity contribution in [2.75, 3.05) is 0 Å². The van der Waals surface area contributed by atoms with Crippen molar-refractivity contribution in [2.24, 2.45) is 0 Å². The predicted octanol–water partition coefficient (Wildman–Crippen LogP) is -0.601. The van der Waals surface area contributed by atoms with Gasteiger partial charge in [-0.1, -0.05) is 0 Å². The Hall–Kier alpha value is -0.566. The van der Waals surface area contributed by atoms with Gasteiger partial charge in [0, 0.05) is 16.5 Å². The first kappa shape index (κ1) is 16.1. The SMILES string of the molecule is O=CO.O=CO.[Ni]. The van der Waals surface area contributed by atoms with Crippen molar-refractivity contribution in [2.45, 2.75) is 0 Å². The Kier molecular flexibility index (Phi) is 120. The molecule has 0 fully saturated rings. The molecule has 4 nitrogen and oxygen atoms in total. The molecule has 0 spiro atoms. The standard InChI is InChI=1S/2CH2O2.Ni/c2*2-1-3;/h2*1H,(H,2,3);. The third kappa shape index (κ3) is 200. The minimum absolute atomic E-state index is 0. The zero-order chi connectivity index (χ0) is 5.41. The molecule has 0 aliphatic rings. The van der Waals surface area contributed by atoms with Crippen LogP contribution in [-0.4, -0.2) is 23.2 Å². The van der Waals surface area contributed by atoms with Gasteiger partial charge in [0.2, 0.25) is 0 Å². The molecule has 0 saturated carbocycles. The van der Waals surface area contributed by atoms with Gasteiger partial charge in [0.05, 0.1) is 0 Å². The molecule has 2 N–H and O–H groups in total. The summed E-state index contributed by atoms with van der Waals surface area (Å²) in [7, 11) is 0. The smallest absolute Gasteiger partial charge is 0.290 e. The van der Waals surface area contributed by atoms with Crippen molar-refractivity contribution in [3.63, 3.8) is 0 Å². The first-order valence-corrected chi connectivity index (χ1v) is 0.988. The van der Waals surface area contributed by atoms with Crippen molar-refractivity contribution in [1.82, 2.24) is 0 Å². The van der Waals surface area contributed by atoms with Gasteiger partial charge in [0.15, 0.2) is 0 Å². The molecule has 0 aromatic carbocycles. The van der Waals surface area contributed by atoms with E-state index in [9.17, 15) is 0 Å². The van der Waals surface area contributed by atoms with E-state index < -0.39 is 0 Å². The van der Waals surface area contributed by atoms with E-state index in [1.54, 1.807) is 0 Å². The van der Waals surface area contributed by atoms with Gasteiger partial charge in [-0.05, 0) is 0 Å².